The van der Waals surface area contributed by atoms with Gasteiger partial charge in [0.2, 0.25) is 0 Å². The molecule has 0 saturated carbocycles. The number of pyridine rings is 1. The Bertz CT molecular complexity index is 787. The topological polar surface area (TPSA) is 70.5 Å². The molecule has 1 aromatic carbocycles. The van der Waals surface area contributed by atoms with Gasteiger partial charge in [-0.3, -0.25) is 14.6 Å². The van der Waals surface area contributed by atoms with E-state index in [4.69, 9.17) is 0 Å². The zero-order valence-corrected chi connectivity index (χ0v) is 13.4. The maximum Gasteiger partial charge on any atom is 0.311 e. The van der Waals surface area contributed by atoms with Crippen molar-refractivity contribution in [3.8, 4) is 0 Å². The number of hydrogen-bond acceptors (Lipinski definition) is 3. The third kappa shape index (κ3) is 2.79. The van der Waals surface area contributed by atoms with Gasteiger partial charge in [0.1, 0.15) is 0 Å². The average molecular weight is 312 g/mol. The minimum atomic E-state index is -0.869. The number of aromatic nitrogens is 1. The van der Waals surface area contributed by atoms with Crippen molar-refractivity contribution in [1.82, 2.24) is 9.88 Å². The van der Waals surface area contributed by atoms with Crippen LogP contribution in [0.1, 0.15) is 35.8 Å². The average Bonchev–Trinajstić information content (AvgIpc) is 2.53. The highest BCUT2D eigenvalue weighted by atomic mass is 16.4. The van der Waals surface area contributed by atoms with Crippen LogP contribution in [0.4, 0.5) is 0 Å². The molecule has 1 atom stereocenters. The highest BCUT2D eigenvalue weighted by Crippen LogP contribution is 2.31. The fraction of sp³-hybridized carbons (Fsp3) is 0.389. The summed E-state index contributed by atoms with van der Waals surface area (Å²) in [6.07, 6.45) is 1.30. The minimum absolute atomic E-state index is 0.112. The van der Waals surface area contributed by atoms with Crippen LogP contribution in [0.15, 0.2) is 30.3 Å². The van der Waals surface area contributed by atoms with Crippen LogP contribution in [0.25, 0.3) is 10.9 Å². The van der Waals surface area contributed by atoms with Crippen LogP contribution in [0, 0.1) is 12.3 Å². The quantitative estimate of drug-likeness (QED) is 0.925. The fourth-order valence-corrected chi connectivity index (χ4v) is 3.24. The largest absolute Gasteiger partial charge is 0.481 e. The number of rotatable bonds is 2. The van der Waals surface area contributed by atoms with E-state index in [0.717, 1.165) is 16.6 Å². The summed E-state index contributed by atoms with van der Waals surface area (Å²) in [5.41, 5.74) is 1.30. The number of nitrogens with zero attached hydrogens (tertiary/aromatic N) is 2. The number of hydrogen-bond donors (Lipinski definition) is 1. The van der Waals surface area contributed by atoms with Gasteiger partial charge < -0.3 is 10.0 Å². The first kappa shape index (κ1) is 15.5. The number of aliphatic carboxylic acids is 1. The van der Waals surface area contributed by atoms with Crippen LogP contribution in [0.2, 0.25) is 0 Å². The zero-order valence-electron chi connectivity index (χ0n) is 13.4. The second-order valence-electron chi connectivity index (χ2n) is 6.52. The van der Waals surface area contributed by atoms with Gasteiger partial charge in [-0.2, -0.15) is 0 Å². The molecule has 0 radical (unpaired) electrons. The molecule has 23 heavy (non-hydrogen) atoms. The van der Waals surface area contributed by atoms with Gasteiger partial charge in [0.05, 0.1) is 16.5 Å². The standard InChI is InChI=1S/C18H20N2O3/c1-12-10-14(13-6-3-4-7-15(13)19-12)16(21)20-9-5-8-18(2,11-20)17(22)23/h3-4,6-7,10H,5,8-9,11H2,1-2H3,(H,22,23). The Hall–Kier alpha value is -2.43. The van der Waals surface area contributed by atoms with Crippen molar-refractivity contribution in [2.45, 2.75) is 26.7 Å². The van der Waals surface area contributed by atoms with E-state index in [1.54, 1.807) is 17.9 Å². The van der Waals surface area contributed by atoms with Crippen LogP contribution in [0.3, 0.4) is 0 Å². The number of carboxylic acid groups (broad SMARTS) is 1. The third-order valence-electron chi connectivity index (χ3n) is 4.57. The van der Waals surface area contributed by atoms with Gasteiger partial charge in [0.25, 0.3) is 5.91 Å². The van der Waals surface area contributed by atoms with Gasteiger partial charge in [0.15, 0.2) is 0 Å². The Labute approximate surface area is 134 Å². The van der Waals surface area contributed by atoms with Crippen LogP contribution >= 0.6 is 0 Å². The number of fused-ring (bicyclic) bond motifs is 1. The lowest BCUT2D eigenvalue weighted by molar-refractivity contribution is -0.150. The molecule has 1 amide bonds. The Kier molecular flexibility index (Phi) is 3.80. The molecule has 1 saturated heterocycles. The van der Waals surface area contributed by atoms with Crippen LogP contribution in [0.5, 0.6) is 0 Å². The molecule has 1 N–H and O–H groups in total. The summed E-state index contributed by atoms with van der Waals surface area (Å²) in [7, 11) is 0. The van der Waals surface area contributed by atoms with E-state index < -0.39 is 11.4 Å². The molecular weight excluding hydrogens is 292 g/mol. The summed E-state index contributed by atoms with van der Waals surface area (Å²) in [6.45, 7) is 4.42. The summed E-state index contributed by atoms with van der Waals surface area (Å²) in [5.74, 6) is -0.954. The highest BCUT2D eigenvalue weighted by Gasteiger charge is 2.39. The first-order chi connectivity index (χ1) is 10.9. The maximum absolute atomic E-state index is 13.0. The molecule has 1 aliphatic rings. The van der Waals surface area contributed by atoms with Crippen molar-refractivity contribution in [1.29, 1.82) is 0 Å². The molecule has 5 heteroatoms. The number of para-hydroxylation sites is 1. The van der Waals surface area contributed by atoms with E-state index >= 15 is 0 Å². The van der Waals surface area contributed by atoms with E-state index in [0.29, 0.717) is 24.9 Å². The van der Waals surface area contributed by atoms with E-state index in [1.807, 2.05) is 31.2 Å². The SMILES string of the molecule is Cc1cc(C(=O)N2CCCC(C)(C(=O)O)C2)c2ccccc2n1. The Morgan fingerprint density at radius 2 is 2.04 bits per heavy atom. The van der Waals surface area contributed by atoms with E-state index in [9.17, 15) is 14.7 Å². The molecule has 1 unspecified atom stereocenters. The number of likely N-dealkylation sites (tertiary alicyclic amines) is 1. The van der Waals surface area contributed by atoms with Gasteiger partial charge in [-0.1, -0.05) is 18.2 Å². The lowest BCUT2D eigenvalue weighted by Crippen LogP contribution is -2.48. The van der Waals surface area contributed by atoms with E-state index in [-0.39, 0.29) is 12.5 Å². The van der Waals surface area contributed by atoms with Crippen molar-refractivity contribution in [3.05, 3.63) is 41.6 Å². The monoisotopic (exact) mass is 312 g/mol. The Morgan fingerprint density at radius 1 is 1.30 bits per heavy atom. The second-order valence-corrected chi connectivity index (χ2v) is 6.52. The fourth-order valence-electron chi connectivity index (χ4n) is 3.24. The summed E-state index contributed by atoms with van der Waals surface area (Å²) >= 11 is 0. The summed E-state index contributed by atoms with van der Waals surface area (Å²) in [5, 5.41) is 10.2. The van der Waals surface area contributed by atoms with Gasteiger partial charge in [0, 0.05) is 24.2 Å². The lowest BCUT2D eigenvalue weighted by atomic mass is 9.82. The number of carbonyl (C=O) groups excluding carboxylic acids is 1. The molecule has 0 aliphatic carbocycles. The molecule has 0 spiro atoms. The Morgan fingerprint density at radius 3 is 2.78 bits per heavy atom. The molecule has 1 aromatic heterocycles. The van der Waals surface area contributed by atoms with Crippen molar-refractivity contribution >= 4 is 22.8 Å². The van der Waals surface area contributed by atoms with Crippen molar-refractivity contribution in [3.63, 3.8) is 0 Å². The first-order valence-corrected chi connectivity index (χ1v) is 7.80. The van der Waals surface area contributed by atoms with Gasteiger partial charge in [-0.05, 0) is 38.8 Å². The number of amides is 1. The van der Waals surface area contributed by atoms with Crippen LogP contribution < -0.4 is 0 Å². The number of benzene rings is 1. The van der Waals surface area contributed by atoms with Gasteiger partial charge in [-0.15, -0.1) is 0 Å². The normalized spacial score (nSPS) is 21.4. The molecule has 120 valence electrons. The molecule has 5 nitrogen and oxygen atoms in total. The molecule has 3 rings (SSSR count). The van der Waals surface area contributed by atoms with Gasteiger partial charge in [-0.25, -0.2) is 0 Å². The van der Waals surface area contributed by atoms with Crippen molar-refractivity contribution in [2.24, 2.45) is 5.41 Å². The lowest BCUT2D eigenvalue weighted by Gasteiger charge is -2.37. The number of carboxylic acids is 1. The molecule has 2 aromatic rings. The summed E-state index contributed by atoms with van der Waals surface area (Å²) in [4.78, 5) is 30.6. The summed E-state index contributed by atoms with van der Waals surface area (Å²) in [6, 6.07) is 9.34. The van der Waals surface area contributed by atoms with Crippen LogP contribution in [-0.2, 0) is 4.79 Å². The van der Waals surface area contributed by atoms with Crippen molar-refractivity contribution < 1.29 is 14.7 Å². The Balaban J connectivity index is 1.99. The first-order valence-electron chi connectivity index (χ1n) is 7.80. The van der Waals surface area contributed by atoms with E-state index in [2.05, 4.69) is 4.98 Å². The highest BCUT2D eigenvalue weighted by molar-refractivity contribution is 6.06. The predicted molar refractivity (Wildman–Crippen MR) is 87.4 cm³/mol. The van der Waals surface area contributed by atoms with E-state index in [1.165, 1.54) is 0 Å². The molecule has 1 aliphatic heterocycles. The molecule has 1 fully saturated rings. The predicted octanol–water partition coefficient (Wildman–Crippen LogP) is 2.87. The van der Waals surface area contributed by atoms with Crippen LogP contribution in [-0.4, -0.2) is 40.0 Å². The summed E-state index contributed by atoms with van der Waals surface area (Å²) < 4.78 is 0. The second kappa shape index (κ2) is 5.65. The zero-order chi connectivity index (χ0) is 16.6. The van der Waals surface area contributed by atoms with Gasteiger partial charge >= 0.3 is 5.97 Å². The number of carbonyl (C=O) groups is 2. The maximum atomic E-state index is 13.0. The molecular formula is C18H20N2O3. The molecule has 0 bridgehead atoms. The molecule has 2 heterocycles. The smallest absolute Gasteiger partial charge is 0.311 e. The minimum Gasteiger partial charge on any atom is -0.481 e. The third-order valence-corrected chi connectivity index (χ3v) is 4.57. The van der Waals surface area contributed by atoms with Crippen molar-refractivity contribution in [2.75, 3.05) is 13.1 Å². The number of piperidine rings is 1. The number of aryl methyl sites for hydroxylation is 1.